The lowest BCUT2D eigenvalue weighted by atomic mass is 10.1. The van der Waals surface area contributed by atoms with Crippen molar-refractivity contribution in [2.24, 2.45) is 0 Å². The zero-order valence-electron chi connectivity index (χ0n) is 22.7. The number of thiophene rings is 1. The van der Waals surface area contributed by atoms with E-state index in [4.69, 9.17) is 21.1 Å². The molecule has 0 radical (unpaired) electrons. The van der Waals surface area contributed by atoms with Gasteiger partial charge in [0.2, 0.25) is 0 Å². The van der Waals surface area contributed by atoms with E-state index < -0.39 is 5.60 Å². The normalized spacial score (nSPS) is 11.6. The molecule has 0 saturated carbocycles. The number of hydrogen-bond acceptors (Lipinski definition) is 7. The largest absolute Gasteiger partial charge is 0.487 e. The van der Waals surface area contributed by atoms with E-state index >= 15 is 0 Å². The van der Waals surface area contributed by atoms with Gasteiger partial charge in [-0.05, 0) is 92.6 Å². The fraction of sp³-hybridized carbons (Fsp3) is 0.156. The summed E-state index contributed by atoms with van der Waals surface area (Å²) < 4.78 is 24.6. The molecule has 0 aliphatic rings. The van der Waals surface area contributed by atoms with Gasteiger partial charge in [0.25, 0.3) is 0 Å². The van der Waals surface area contributed by atoms with Gasteiger partial charge in [-0.1, -0.05) is 29.8 Å². The van der Waals surface area contributed by atoms with Crippen LogP contribution in [-0.4, -0.2) is 21.5 Å². The number of fused-ring (bicyclic) bond motifs is 1. The lowest BCUT2D eigenvalue weighted by molar-refractivity contribution is -0.148. The average Bonchev–Trinajstić information content (AvgIpc) is 3.40. The molecule has 5 aromatic rings. The van der Waals surface area contributed by atoms with Gasteiger partial charge in [-0.25, -0.2) is 19.2 Å². The number of carbonyl (C=O) groups excluding carboxylic acids is 1. The molecule has 208 valence electrons. The number of ether oxygens (including phenoxy) is 2. The summed E-state index contributed by atoms with van der Waals surface area (Å²) in [4.78, 5) is 22.9. The maximum atomic E-state index is 13.5. The minimum Gasteiger partial charge on any atom is -0.487 e. The highest BCUT2D eigenvalue weighted by Crippen LogP contribution is 2.34. The summed E-state index contributed by atoms with van der Waals surface area (Å²) in [6.45, 7) is 5.71. The van der Waals surface area contributed by atoms with E-state index in [1.807, 2.05) is 57.2 Å². The van der Waals surface area contributed by atoms with Crippen molar-refractivity contribution in [1.82, 2.24) is 9.97 Å². The lowest BCUT2D eigenvalue weighted by Crippen LogP contribution is -2.22. The maximum Gasteiger partial charge on any atom is 0.331 e. The summed E-state index contributed by atoms with van der Waals surface area (Å²) in [5, 5.41) is 4.58. The molecule has 0 amide bonds. The highest BCUT2D eigenvalue weighted by molar-refractivity contribution is 7.16. The van der Waals surface area contributed by atoms with E-state index in [2.05, 4.69) is 15.3 Å². The zero-order valence-corrected chi connectivity index (χ0v) is 24.2. The van der Waals surface area contributed by atoms with Gasteiger partial charge in [0.1, 0.15) is 35.9 Å². The van der Waals surface area contributed by atoms with Crippen LogP contribution in [0.4, 0.5) is 15.9 Å². The molecule has 0 fully saturated rings. The molecule has 0 aliphatic carbocycles. The Kier molecular flexibility index (Phi) is 8.33. The molecular weight excluding hydrogens is 561 g/mol. The Balaban J connectivity index is 1.32. The standard InChI is InChI=1S/C32H27ClFN3O3S/c1-32(2,3)40-30(38)14-10-24-9-13-29(41-24)21-7-11-27-25(16-21)31(36-19-35-27)37-23-8-12-28(26(33)17-23)39-18-20-5-4-6-22(34)15-20/h4-17,19H,18H2,1-3H3,(H,35,36,37)/b14-10+. The third kappa shape index (κ3) is 7.48. The fourth-order valence-electron chi connectivity index (χ4n) is 4.01. The van der Waals surface area contributed by atoms with Gasteiger partial charge in [-0.15, -0.1) is 11.3 Å². The number of anilines is 2. The van der Waals surface area contributed by atoms with Crippen LogP contribution in [-0.2, 0) is 16.1 Å². The molecular formula is C32H27ClFN3O3S. The molecule has 5 rings (SSSR count). The summed E-state index contributed by atoms with van der Waals surface area (Å²) in [5.74, 6) is 0.428. The molecule has 41 heavy (non-hydrogen) atoms. The topological polar surface area (TPSA) is 73.3 Å². The molecule has 0 unspecified atom stereocenters. The molecule has 3 aromatic carbocycles. The van der Waals surface area contributed by atoms with Crippen molar-refractivity contribution in [3.63, 3.8) is 0 Å². The van der Waals surface area contributed by atoms with Gasteiger partial charge in [-0.2, -0.15) is 0 Å². The Labute approximate surface area is 246 Å². The monoisotopic (exact) mass is 587 g/mol. The molecule has 0 saturated heterocycles. The molecule has 6 nitrogen and oxygen atoms in total. The maximum absolute atomic E-state index is 13.5. The van der Waals surface area contributed by atoms with Gasteiger partial charge in [0.15, 0.2) is 0 Å². The minimum atomic E-state index is -0.535. The summed E-state index contributed by atoms with van der Waals surface area (Å²) in [7, 11) is 0. The molecule has 0 aliphatic heterocycles. The first-order valence-corrected chi connectivity index (χ1v) is 14.0. The molecule has 0 atom stereocenters. The third-order valence-electron chi connectivity index (χ3n) is 5.82. The summed E-state index contributed by atoms with van der Waals surface area (Å²) in [6.07, 6.45) is 4.71. The van der Waals surface area contributed by atoms with Crippen LogP contribution in [0.2, 0.25) is 5.02 Å². The van der Waals surface area contributed by atoms with Gasteiger partial charge < -0.3 is 14.8 Å². The average molecular weight is 588 g/mol. The van der Waals surface area contributed by atoms with Crippen LogP contribution in [0.15, 0.2) is 85.2 Å². The second-order valence-electron chi connectivity index (χ2n) is 10.2. The number of nitrogens with one attached hydrogen (secondary N) is 1. The number of aromatic nitrogens is 2. The molecule has 0 spiro atoms. The number of esters is 1. The van der Waals surface area contributed by atoms with Crippen molar-refractivity contribution in [1.29, 1.82) is 0 Å². The Morgan fingerprint density at radius 1 is 1.05 bits per heavy atom. The lowest BCUT2D eigenvalue weighted by Gasteiger charge is -2.17. The first-order valence-electron chi connectivity index (χ1n) is 12.8. The van der Waals surface area contributed by atoms with Crippen LogP contribution in [0.1, 0.15) is 31.2 Å². The Morgan fingerprint density at radius 2 is 1.90 bits per heavy atom. The summed E-state index contributed by atoms with van der Waals surface area (Å²) in [6, 6.07) is 21.6. The number of hydrogen-bond donors (Lipinski definition) is 1. The Hall–Kier alpha value is -4.27. The Bertz CT molecular complexity index is 1750. The number of halogens is 2. The van der Waals surface area contributed by atoms with Crippen molar-refractivity contribution < 1.29 is 18.7 Å². The van der Waals surface area contributed by atoms with E-state index in [-0.39, 0.29) is 18.4 Å². The second kappa shape index (κ2) is 12.1. The number of benzene rings is 3. The number of rotatable bonds is 8. The fourth-order valence-corrected chi connectivity index (χ4v) is 5.16. The quantitative estimate of drug-likeness (QED) is 0.144. The number of nitrogens with zero attached hydrogens (tertiary/aromatic N) is 2. The van der Waals surface area contributed by atoms with Crippen molar-refractivity contribution in [3.05, 3.63) is 106 Å². The van der Waals surface area contributed by atoms with E-state index in [9.17, 15) is 9.18 Å². The van der Waals surface area contributed by atoms with Crippen LogP contribution >= 0.6 is 22.9 Å². The van der Waals surface area contributed by atoms with Crippen LogP contribution in [0.25, 0.3) is 27.4 Å². The van der Waals surface area contributed by atoms with E-state index in [1.54, 1.807) is 41.7 Å². The third-order valence-corrected chi connectivity index (χ3v) is 7.21. The summed E-state index contributed by atoms with van der Waals surface area (Å²) >= 11 is 8.05. The highest BCUT2D eigenvalue weighted by Gasteiger charge is 2.14. The van der Waals surface area contributed by atoms with Gasteiger partial charge in [-0.3, -0.25) is 0 Å². The van der Waals surface area contributed by atoms with E-state index in [1.165, 1.54) is 24.5 Å². The second-order valence-corrected chi connectivity index (χ2v) is 11.7. The molecule has 0 bridgehead atoms. The predicted molar refractivity (Wildman–Crippen MR) is 163 cm³/mol. The van der Waals surface area contributed by atoms with Gasteiger partial charge >= 0.3 is 5.97 Å². The smallest absolute Gasteiger partial charge is 0.331 e. The highest BCUT2D eigenvalue weighted by atomic mass is 35.5. The van der Waals surface area contributed by atoms with Crippen LogP contribution in [0, 0.1) is 5.82 Å². The SMILES string of the molecule is CC(C)(C)OC(=O)/C=C/c1ccc(-c2ccc3ncnc(Nc4ccc(OCc5cccc(F)c5)c(Cl)c4)c3c2)s1. The first-order chi connectivity index (χ1) is 19.6. The molecule has 2 aromatic heterocycles. The molecule has 1 N–H and O–H groups in total. The van der Waals surface area contributed by atoms with Gasteiger partial charge in [0, 0.05) is 26.9 Å². The number of carbonyl (C=O) groups is 1. The zero-order chi connectivity index (χ0) is 29.0. The minimum absolute atomic E-state index is 0.199. The van der Waals surface area contributed by atoms with Gasteiger partial charge in [0.05, 0.1) is 10.5 Å². The van der Waals surface area contributed by atoms with Crippen molar-refractivity contribution in [2.45, 2.75) is 33.0 Å². The predicted octanol–water partition coefficient (Wildman–Crippen LogP) is 8.83. The molecule has 2 heterocycles. The summed E-state index contributed by atoms with van der Waals surface area (Å²) in [5.41, 5.74) is 2.68. The first kappa shape index (κ1) is 28.3. The van der Waals surface area contributed by atoms with E-state index in [0.717, 1.165) is 31.9 Å². The van der Waals surface area contributed by atoms with Crippen molar-refractivity contribution in [2.75, 3.05) is 5.32 Å². The van der Waals surface area contributed by atoms with Crippen molar-refractivity contribution >= 4 is 57.4 Å². The molecule has 9 heteroatoms. The van der Waals surface area contributed by atoms with Crippen molar-refractivity contribution in [3.8, 4) is 16.2 Å². The van der Waals surface area contributed by atoms with Crippen LogP contribution < -0.4 is 10.1 Å². The van der Waals surface area contributed by atoms with Crippen LogP contribution in [0.5, 0.6) is 5.75 Å². The van der Waals surface area contributed by atoms with E-state index in [0.29, 0.717) is 22.2 Å². The van der Waals surface area contributed by atoms with Crippen LogP contribution in [0.3, 0.4) is 0 Å². The Morgan fingerprint density at radius 3 is 2.68 bits per heavy atom.